The molecule has 0 bridgehead atoms. The van der Waals surface area contributed by atoms with Crippen molar-refractivity contribution in [2.24, 2.45) is 0 Å². The normalized spacial score (nSPS) is 10.5. The predicted octanol–water partition coefficient (Wildman–Crippen LogP) is 3.76. The fraction of sp³-hybridized carbons (Fsp3) is 0.240. The molecule has 6 heteroatoms. The predicted molar refractivity (Wildman–Crippen MR) is 123 cm³/mol. The first-order valence-corrected chi connectivity index (χ1v) is 10.4. The first-order valence-electron chi connectivity index (χ1n) is 10.4. The molecular formula is C25H27N3O3. The highest BCUT2D eigenvalue weighted by Crippen LogP contribution is 2.17. The van der Waals surface area contributed by atoms with Crippen molar-refractivity contribution in [1.29, 1.82) is 0 Å². The van der Waals surface area contributed by atoms with E-state index in [4.69, 9.17) is 0 Å². The van der Waals surface area contributed by atoms with E-state index in [-0.39, 0.29) is 30.8 Å². The Labute approximate surface area is 182 Å². The van der Waals surface area contributed by atoms with Crippen molar-refractivity contribution in [2.45, 2.75) is 20.3 Å². The molecule has 3 amide bonds. The van der Waals surface area contributed by atoms with Crippen LogP contribution in [0.2, 0.25) is 0 Å². The summed E-state index contributed by atoms with van der Waals surface area (Å²) in [4.78, 5) is 39.0. The number of rotatable bonds is 8. The summed E-state index contributed by atoms with van der Waals surface area (Å²) < 4.78 is 0. The largest absolute Gasteiger partial charge is 0.345 e. The second kappa shape index (κ2) is 10.4. The molecule has 0 heterocycles. The van der Waals surface area contributed by atoms with E-state index in [1.54, 1.807) is 18.2 Å². The fourth-order valence-corrected chi connectivity index (χ4v) is 3.28. The maximum absolute atomic E-state index is 13.0. The van der Waals surface area contributed by atoms with Crippen molar-refractivity contribution in [3.8, 4) is 0 Å². The van der Waals surface area contributed by atoms with E-state index >= 15 is 0 Å². The number of hydrogen-bond donors (Lipinski definition) is 2. The lowest BCUT2D eigenvalue weighted by Gasteiger charge is -2.22. The topological polar surface area (TPSA) is 78.5 Å². The van der Waals surface area contributed by atoms with Gasteiger partial charge in [0.25, 0.3) is 5.91 Å². The summed E-state index contributed by atoms with van der Waals surface area (Å²) >= 11 is 0. The molecule has 0 aliphatic carbocycles. The molecule has 160 valence electrons. The monoisotopic (exact) mass is 417 g/mol. The maximum atomic E-state index is 13.0. The zero-order valence-corrected chi connectivity index (χ0v) is 17.9. The van der Waals surface area contributed by atoms with Gasteiger partial charge < -0.3 is 15.5 Å². The second-order valence-corrected chi connectivity index (χ2v) is 7.48. The molecule has 3 aromatic rings. The lowest BCUT2D eigenvalue weighted by atomic mass is 10.1. The highest BCUT2D eigenvalue weighted by Gasteiger charge is 2.19. The molecule has 0 aliphatic rings. The van der Waals surface area contributed by atoms with Crippen LogP contribution in [0.15, 0.2) is 66.7 Å². The Bertz CT molecular complexity index is 1080. The minimum absolute atomic E-state index is 0.0999. The van der Waals surface area contributed by atoms with Crippen molar-refractivity contribution in [3.05, 3.63) is 77.9 Å². The Morgan fingerprint density at radius 3 is 2.29 bits per heavy atom. The molecule has 0 spiro atoms. The number of hydrogen-bond acceptors (Lipinski definition) is 3. The molecule has 0 saturated heterocycles. The average molecular weight is 418 g/mol. The Morgan fingerprint density at radius 1 is 0.871 bits per heavy atom. The summed E-state index contributed by atoms with van der Waals surface area (Å²) in [7, 11) is 0. The SMILES string of the molecule is CCCN(CC(=O)NCC(=O)Nc1ccc(C)cc1)C(=O)c1ccc2ccccc2c1. The Balaban J connectivity index is 1.57. The summed E-state index contributed by atoms with van der Waals surface area (Å²) in [5, 5.41) is 7.36. The maximum Gasteiger partial charge on any atom is 0.254 e. The third-order valence-corrected chi connectivity index (χ3v) is 4.89. The number of nitrogens with zero attached hydrogens (tertiary/aromatic N) is 1. The van der Waals surface area contributed by atoms with Crippen LogP contribution in [0.4, 0.5) is 5.69 Å². The Kier molecular flexibility index (Phi) is 7.38. The van der Waals surface area contributed by atoms with E-state index in [2.05, 4.69) is 10.6 Å². The van der Waals surface area contributed by atoms with Gasteiger partial charge in [-0.15, -0.1) is 0 Å². The highest BCUT2D eigenvalue weighted by atomic mass is 16.2. The van der Waals surface area contributed by atoms with Gasteiger partial charge in [-0.2, -0.15) is 0 Å². The van der Waals surface area contributed by atoms with Gasteiger partial charge in [-0.25, -0.2) is 0 Å². The molecule has 3 aromatic carbocycles. The minimum Gasteiger partial charge on any atom is -0.345 e. The van der Waals surface area contributed by atoms with Crippen LogP contribution in [-0.4, -0.2) is 42.3 Å². The molecule has 6 nitrogen and oxygen atoms in total. The lowest BCUT2D eigenvalue weighted by molar-refractivity contribution is -0.124. The molecular weight excluding hydrogens is 390 g/mol. The number of nitrogens with one attached hydrogen (secondary N) is 2. The molecule has 0 atom stereocenters. The van der Waals surface area contributed by atoms with Gasteiger partial charge in [-0.3, -0.25) is 14.4 Å². The smallest absolute Gasteiger partial charge is 0.254 e. The fourth-order valence-electron chi connectivity index (χ4n) is 3.28. The standard InChI is InChI=1S/C25H27N3O3/c1-3-14-28(25(31)21-11-10-19-6-4-5-7-20(19)15-21)17-24(30)26-16-23(29)27-22-12-8-18(2)9-13-22/h4-13,15H,3,14,16-17H2,1-2H3,(H,26,30)(H,27,29). The van der Waals surface area contributed by atoms with E-state index < -0.39 is 0 Å². The van der Waals surface area contributed by atoms with Crippen molar-refractivity contribution in [2.75, 3.05) is 25.0 Å². The van der Waals surface area contributed by atoms with Crippen molar-refractivity contribution >= 4 is 34.2 Å². The summed E-state index contributed by atoms with van der Waals surface area (Å²) in [6.45, 7) is 4.11. The van der Waals surface area contributed by atoms with Crippen molar-refractivity contribution in [1.82, 2.24) is 10.2 Å². The van der Waals surface area contributed by atoms with E-state index in [0.717, 1.165) is 22.8 Å². The van der Waals surface area contributed by atoms with Crippen LogP contribution in [0.1, 0.15) is 29.3 Å². The zero-order chi connectivity index (χ0) is 22.2. The molecule has 0 aliphatic heterocycles. The number of benzene rings is 3. The molecule has 0 aromatic heterocycles. The van der Waals surface area contributed by atoms with Crippen molar-refractivity contribution in [3.63, 3.8) is 0 Å². The number of amides is 3. The molecule has 0 radical (unpaired) electrons. The van der Waals surface area contributed by atoms with Gasteiger partial charge in [0.1, 0.15) is 0 Å². The van der Waals surface area contributed by atoms with Gasteiger partial charge in [0.15, 0.2) is 0 Å². The van der Waals surface area contributed by atoms with Gasteiger partial charge in [-0.1, -0.05) is 55.0 Å². The second-order valence-electron chi connectivity index (χ2n) is 7.48. The first-order chi connectivity index (χ1) is 15.0. The number of fused-ring (bicyclic) bond motifs is 1. The van der Waals surface area contributed by atoms with Gasteiger partial charge >= 0.3 is 0 Å². The number of anilines is 1. The van der Waals surface area contributed by atoms with Gasteiger partial charge in [0, 0.05) is 17.8 Å². The summed E-state index contributed by atoms with van der Waals surface area (Å²) in [5.74, 6) is -0.895. The first kappa shape index (κ1) is 22.0. The van der Waals surface area contributed by atoms with Crippen LogP contribution in [0.3, 0.4) is 0 Å². The highest BCUT2D eigenvalue weighted by molar-refractivity contribution is 6.00. The molecule has 2 N–H and O–H groups in total. The van der Waals surface area contributed by atoms with Crippen LogP contribution in [-0.2, 0) is 9.59 Å². The van der Waals surface area contributed by atoms with Gasteiger partial charge in [0.2, 0.25) is 11.8 Å². The van der Waals surface area contributed by atoms with E-state index in [1.165, 1.54) is 4.90 Å². The van der Waals surface area contributed by atoms with Crippen LogP contribution in [0.25, 0.3) is 10.8 Å². The molecule has 0 unspecified atom stereocenters. The lowest BCUT2D eigenvalue weighted by Crippen LogP contribution is -2.43. The van der Waals surface area contributed by atoms with Crippen LogP contribution >= 0.6 is 0 Å². The van der Waals surface area contributed by atoms with Crippen LogP contribution < -0.4 is 10.6 Å². The van der Waals surface area contributed by atoms with E-state index in [0.29, 0.717) is 17.8 Å². The van der Waals surface area contributed by atoms with Crippen LogP contribution in [0.5, 0.6) is 0 Å². The van der Waals surface area contributed by atoms with Gasteiger partial charge in [0.05, 0.1) is 13.1 Å². The number of carbonyl (C=O) groups is 3. The van der Waals surface area contributed by atoms with E-state index in [1.807, 2.05) is 62.4 Å². The average Bonchev–Trinajstić information content (AvgIpc) is 2.78. The summed E-state index contributed by atoms with van der Waals surface area (Å²) in [6, 6.07) is 20.8. The summed E-state index contributed by atoms with van der Waals surface area (Å²) in [5.41, 5.74) is 2.31. The number of carbonyl (C=O) groups excluding carboxylic acids is 3. The summed E-state index contributed by atoms with van der Waals surface area (Å²) in [6.07, 6.45) is 0.723. The van der Waals surface area contributed by atoms with Crippen molar-refractivity contribution < 1.29 is 14.4 Å². The minimum atomic E-state index is -0.373. The molecule has 0 saturated carbocycles. The third kappa shape index (κ3) is 6.15. The number of aryl methyl sites for hydroxylation is 1. The quantitative estimate of drug-likeness (QED) is 0.586. The van der Waals surface area contributed by atoms with Crippen LogP contribution in [0, 0.1) is 6.92 Å². The molecule has 31 heavy (non-hydrogen) atoms. The molecule has 3 rings (SSSR count). The Hall–Kier alpha value is -3.67. The van der Waals surface area contributed by atoms with Gasteiger partial charge in [-0.05, 0) is 48.4 Å². The van der Waals surface area contributed by atoms with E-state index in [9.17, 15) is 14.4 Å². The third-order valence-electron chi connectivity index (χ3n) is 4.89. The Morgan fingerprint density at radius 2 is 1.58 bits per heavy atom. The zero-order valence-electron chi connectivity index (χ0n) is 17.9. The molecule has 0 fully saturated rings.